The monoisotopic (exact) mass is 238 g/mol. The van der Waals surface area contributed by atoms with Gasteiger partial charge in [0.1, 0.15) is 0 Å². The van der Waals surface area contributed by atoms with Crippen molar-refractivity contribution in [3.05, 3.63) is 41.8 Å². The van der Waals surface area contributed by atoms with Crippen molar-refractivity contribution in [3.63, 3.8) is 0 Å². The van der Waals surface area contributed by atoms with Crippen LogP contribution in [0.1, 0.15) is 11.5 Å². The largest absolute Gasteiger partial charge is 0.379 e. The van der Waals surface area contributed by atoms with Crippen molar-refractivity contribution in [1.29, 1.82) is 0 Å². The van der Waals surface area contributed by atoms with Gasteiger partial charge in [-0.3, -0.25) is 4.90 Å². The SMILES string of the molecule is [CH2]C(CN1CCOCC1)c1ccc(Cl)cc1. The summed E-state index contributed by atoms with van der Waals surface area (Å²) in [5, 5.41) is 0.780. The number of benzene rings is 1. The van der Waals surface area contributed by atoms with Crippen molar-refractivity contribution in [1.82, 2.24) is 4.90 Å². The molecule has 0 aliphatic carbocycles. The van der Waals surface area contributed by atoms with Crippen LogP contribution < -0.4 is 0 Å². The fourth-order valence-electron chi connectivity index (χ4n) is 1.94. The highest BCUT2D eigenvalue weighted by molar-refractivity contribution is 6.30. The summed E-state index contributed by atoms with van der Waals surface area (Å²) in [6, 6.07) is 7.96. The lowest BCUT2D eigenvalue weighted by molar-refractivity contribution is 0.0367. The summed E-state index contributed by atoms with van der Waals surface area (Å²) in [7, 11) is 0. The van der Waals surface area contributed by atoms with E-state index in [1.54, 1.807) is 0 Å². The van der Waals surface area contributed by atoms with E-state index < -0.39 is 0 Å². The maximum atomic E-state index is 5.86. The molecule has 1 unspecified atom stereocenters. The number of hydrogen-bond donors (Lipinski definition) is 0. The van der Waals surface area contributed by atoms with Crippen LogP contribution in [0.15, 0.2) is 24.3 Å². The summed E-state index contributed by atoms with van der Waals surface area (Å²) >= 11 is 5.86. The van der Waals surface area contributed by atoms with E-state index in [0.717, 1.165) is 37.9 Å². The van der Waals surface area contributed by atoms with Crippen LogP contribution >= 0.6 is 11.6 Å². The van der Waals surface area contributed by atoms with Gasteiger partial charge in [-0.05, 0) is 30.5 Å². The van der Waals surface area contributed by atoms with Gasteiger partial charge in [-0.2, -0.15) is 0 Å². The Hall–Kier alpha value is -0.570. The highest BCUT2D eigenvalue weighted by Crippen LogP contribution is 2.19. The second-order valence-corrected chi connectivity index (χ2v) is 4.60. The number of hydrogen-bond acceptors (Lipinski definition) is 2. The Kier molecular flexibility index (Phi) is 4.22. The molecule has 3 heteroatoms. The lowest BCUT2D eigenvalue weighted by Gasteiger charge is -2.29. The molecule has 1 aromatic carbocycles. The van der Waals surface area contributed by atoms with E-state index in [0.29, 0.717) is 5.92 Å². The normalized spacial score (nSPS) is 19.6. The maximum Gasteiger partial charge on any atom is 0.0594 e. The van der Waals surface area contributed by atoms with Gasteiger partial charge >= 0.3 is 0 Å². The Bertz CT molecular complexity index is 319. The van der Waals surface area contributed by atoms with Crippen LogP contribution in [0, 0.1) is 6.92 Å². The third kappa shape index (κ3) is 3.21. The minimum atomic E-state index is 0.301. The maximum absolute atomic E-state index is 5.86. The Labute approximate surface area is 102 Å². The van der Waals surface area contributed by atoms with E-state index in [1.807, 2.05) is 12.1 Å². The predicted octanol–water partition coefficient (Wildman–Crippen LogP) is 2.59. The van der Waals surface area contributed by atoms with E-state index in [4.69, 9.17) is 16.3 Å². The first kappa shape index (κ1) is 11.9. The number of halogens is 1. The lowest BCUT2D eigenvalue weighted by atomic mass is 10.0. The molecule has 0 aromatic heterocycles. The average Bonchev–Trinajstić information content (AvgIpc) is 2.31. The quantitative estimate of drug-likeness (QED) is 0.803. The Morgan fingerprint density at radius 3 is 2.50 bits per heavy atom. The Balaban J connectivity index is 1.91. The zero-order chi connectivity index (χ0) is 11.4. The molecule has 1 fully saturated rings. The minimum absolute atomic E-state index is 0.301. The standard InChI is InChI=1S/C13H17ClNO/c1-11(10-15-6-8-16-9-7-15)12-2-4-13(14)5-3-12/h2-5,11H,1,6-10H2. The second kappa shape index (κ2) is 5.67. The highest BCUT2D eigenvalue weighted by atomic mass is 35.5. The molecule has 0 N–H and O–H groups in total. The van der Waals surface area contributed by atoms with Crippen LogP contribution in [-0.4, -0.2) is 37.7 Å². The molecule has 1 aromatic rings. The van der Waals surface area contributed by atoms with Gasteiger partial charge in [0.2, 0.25) is 0 Å². The predicted molar refractivity (Wildman–Crippen MR) is 66.8 cm³/mol. The number of nitrogens with zero attached hydrogens (tertiary/aromatic N) is 1. The van der Waals surface area contributed by atoms with Crippen LogP contribution in [0.3, 0.4) is 0 Å². The van der Waals surface area contributed by atoms with Gasteiger partial charge in [0.25, 0.3) is 0 Å². The highest BCUT2D eigenvalue weighted by Gasteiger charge is 2.14. The third-order valence-electron chi connectivity index (χ3n) is 2.92. The van der Waals surface area contributed by atoms with Crippen molar-refractivity contribution in [3.8, 4) is 0 Å². The summed E-state index contributed by atoms with van der Waals surface area (Å²) in [4.78, 5) is 2.40. The third-order valence-corrected chi connectivity index (χ3v) is 3.18. The van der Waals surface area contributed by atoms with Gasteiger partial charge in [-0.15, -0.1) is 0 Å². The van der Waals surface area contributed by atoms with Crippen molar-refractivity contribution in [2.75, 3.05) is 32.8 Å². The number of morpholine rings is 1. The van der Waals surface area contributed by atoms with Crippen LogP contribution in [0.5, 0.6) is 0 Å². The fraction of sp³-hybridized carbons (Fsp3) is 0.462. The smallest absolute Gasteiger partial charge is 0.0594 e. The fourth-order valence-corrected chi connectivity index (χ4v) is 2.06. The molecule has 1 atom stereocenters. The molecular weight excluding hydrogens is 222 g/mol. The first-order chi connectivity index (χ1) is 7.75. The molecule has 2 rings (SSSR count). The molecule has 87 valence electrons. The molecule has 2 nitrogen and oxygen atoms in total. The molecule has 0 spiro atoms. The van der Waals surface area contributed by atoms with Gasteiger partial charge in [-0.25, -0.2) is 0 Å². The number of rotatable bonds is 3. The first-order valence-electron chi connectivity index (χ1n) is 5.64. The van der Waals surface area contributed by atoms with Gasteiger partial charge in [0.05, 0.1) is 13.2 Å². The minimum Gasteiger partial charge on any atom is -0.379 e. The molecule has 0 saturated carbocycles. The molecule has 16 heavy (non-hydrogen) atoms. The van der Waals surface area contributed by atoms with E-state index in [9.17, 15) is 0 Å². The van der Waals surface area contributed by atoms with Crippen molar-refractivity contribution >= 4 is 11.6 Å². The molecule has 1 radical (unpaired) electrons. The van der Waals surface area contributed by atoms with Crippen molar-refractivity contribution in [2.24, 2.45) is 0 Å². The van der Waals surface area contributed by atoms with Gasteiger partial charge in [0.15, 0.2) is 0 Å². The Morgan fingerprint density at radius 1 is 1.25 bits per heavy atom. The van der Waals surface area contributed by atoms with E-state index in [-0.39, 0.29) is 0 Å². The topological polar surface area (TPSA) is 12.5 Å². The van der Waals surface area contributed by atoms with Crippen molar-refractivity contribution in [2.45, 2.75) is 5.92 Å². The van der Waals surface area contributed by atoms with Crippen molar-refractivity contribution < 1.29 is 4.74 Å². The van der Waals surface area contributed by atoms with E-state index >= 15 is 0 Å². The molecule has 1 aliphatic rings. The molecular formula is C13H17ClNO. The zero-order valence-electron chi connectivity index (χ0n) is 9.36. The zero-order valence-corrected chi connectivity index (χ0v) is 10.1. The van der Waals surface area contributed by atoms with Gasteiger partial charge in [-0.1, -0.05) is 23.7 Å². The van der Waals surface area contributed by atoms with Crippen LogP contribution in [0.4, 0.5) is 0 Å². The van der Waals surface area contributed by atoms with Gasteiger partial charge < -0.3 is 4.74 Å². The second-order valence-electron chi connectivity index (χ2n) is 4.16. The first-order valence-corrected chi connectivity index (χ1v) is 6.02. The van der Waals surface area contributed by atoms with E-state index in [2.05, 4.69) is 24.0 Å². The average molecular weight is 239 g/mol. The summed E-state index contributed by atoms with van der Waals surface area (Å²) in [6.45, 7) is 8.91. The molecule has 1 heterocycles. The van der Waals surface area contributed by atoms with Crippen LogP contribution in [-0.2, 0) is 4.74 Å². The van der Waals surface area contributed by atoms with Crippen LogP contribution in [0.25, 0.3) is 0 Å². The Morgan fingerprint density at radius 2 is 1.88 bits per heavy atom. The summed E-state index contributed by atoms with van der Waals surface area (Å²) < 4.78 is 5.32. The van der Waals surface area contributed by atoms with Gasteiger partial charge in [0, 0.05) is 24.7 Å². The lowest BCUT2D eigenvalue weighted by Crippen LogP contribution is -2.38. The van der Waals surface area contributed by atoms with Crippen LogP contribution in [0.2, 0.25) is 5.02 Å². The molecule has 0 amide bonds. The summed E-state index contributed by atoms with van der Waals surface area (Å²) in [5.41, 5.74) is 1.25. The molecule has 1 saturated heterocycles. The number of ether oxygens (including phenoxy) is 1. The molecule has 1 aliphatic heterocycles. The summed E-state index contributed by atoms with van der Waals surface area (Å²) in [5.74, 6) is 0.301. The molecule has 0 bridgehead atoms. The summed E-state index contributed by atoms with van der Waals surface area (Å²) in [6.07, 6.45) is 0. The van der Waals surface area contributed by atoms with E-state index in [1.165, 1.54) is 5.56 Å².